The molecule has 1 aromatic heterocycles. The summed E-state index contributed by atoms with van der Waals surface area (Å²) in [6.07, 6.45) is 0. The second kappa shape index (κ2) is 4.78. The molecule has 0 radical (unpaired) electrons. The lowest BCUT2D eigenvalue weighted by molar-refractivity contribution is 0.611. The van der Waals surface area contributed by atoms with Gasteiger partial charge in [0.05, 0.1) is 0 Å². The van der Waals surface area contributed by atoms with Gasteiger partial charge in [-0.3, -0.25) is 0 Å². The summed E-state index contributed by atoms with van der Waals surface area (Å²) in [6, 6.07) is 10.9. The zero-order valence-electron chi connectivity index (χ0n) is 8.76. The largest absolute Gasteiger partial charge is 0.326 e. The van der Waals surface area contributed by atoms with Crippen molar-refractivity contribution < 1.29 is 8.42 Å². The Morgan fingerprint density at radius 2 is 1.76 bits per heavy atom. The third-order valence-electron chi connectivity index (χ3n) is 2.30. The average molecular weight is 288 g/mol. The molecule has 0 unspecified atom stereocenters. The van der Waals surface area contributed by atoms with Crippen LogP contribution in [0.4, 0.5) is 0 Å². The molecule has 17 heavy (non-hydrogen) atoms. The van der Waals surface area contributed by atoms with E-state index in [1.165, 1.54) is 6.07 Å². The van der Waals surface area contributed by atoms with Gasteiger partial charge in [-0.05, 0) is 23.3 Å². The Hall–Kier alpha value is -0.880. The number of thiophene rings is 1. The minimum atomic E-state index is -3.63. The molecule has 1 aromatic carbocycles. The van der Waals surface area contributed by atoms with Crippen LogP contribution in [-0.2, 0) is 15.6 Å². The Labute approximate surface area is 108 Å². The molecule has 2 rings (SSSR count). The van der Waals surface area contributed by atoms with E-state index in [1.54, 1.807) is 6.07 Å². The van der Waals surface area contributed by atoms with E-state index in [0.717, 1.165) is 27.3 Å². The average Bonchev–Trinajstić information content (AvgIpc) is 2.78. The second-order valence-corrected chi connectivity index (χ2v) is 7.33. The minimum Gasteiger partial charge on any atom is -0.326 e. The van der Waals surface area contributed by atoms with E-state index in [4.69, 9.17) is 16.4 Å². The highest BCUT2D eigenvalue weighted by molar-refractivity contribution is 8.15. The van der Waals surface area contributed by atoms with Crippen LogP contribution in [0.1, 0.15) is 5.56 Å². The van der Waals surface area contributed by atoms with Gasteiger partial charge in [0.2, 0.25) is 0 Å². The Morgan fingerprint density at radius 3 is 2.24 bits per heavy atom. The molecule has 2 aromatic rings. The number of nitrogens with two attached hydrogens (primary N) is 1. The summed E-state index contributed by atoms with van der Waals surface area (Å²) < 4.78 is 22.4. The van der Waals surface area contributed by atoms with Gasteiger partial charge >= 0.3 is 0 Å². The molecule has 90 valence electrons. The molecule has 0 fully saturated rings. The van der Waals surface area contributed by atoms with Crippen LogP contribution >= 0.6 is 22.0 Å². The molecule has 0 saturated heterocycles. The zero-order valence-corrected chi connectivity index (χ0v) is 11.1. The lowest BCUT2D eigenvalue weighted by Gasteiger charge is -1.99. The van der Waals surface area contributed by atoms with E-state index in [0.29, 0.717) is 6.54 Å². The summed E-state index contributed by atoms with van der Waals surface area (Å²) in [5.74, 6) is 0. The van der Waals surface area contributed by atoms with Crippen molar-refractivity contribution in [3.63, 3.8) is 0 Å². The van der Waals surface area contributed by atoms with Gasteiger partial charge in [0, 0.05) is 22.1 Å². The number of halogens is 1. The first-order valence-electron chi connectivity index (χ1n) is 4.84. The molecule has 0 aliphatic heterocycles. The second-order valence-electron chi connectivity index (χ2n) is 3.46. The molecule has 0 bridgehead atoms. The Kier molecular flexibility index (Phi) is 3.53. The Bertz CT molecular complexity index is 617. The van der Waals surface area contributed by atoms with Crippen LogP contribution in [0.3, 0.4) is 0 Å². The topological polar surface area (TPSA) is 60.2 Å². The third-order valence-corrected chi connectivity index (χ3v) is 5.52. The molecular formula is C11H10ClNO2S2. The standard InChI is InChI=1S/C11H10ClNO2S2/c12-17(14,15)11-6-5-10(16-11)9-3-1-8(7-13)2-4-9/h1-6H,7,13H2. The van der Waals surface area contributed by atoms with Crippen molar-refractivity contribution in [1.82, 2.24) is 0 Å². The van der Waals surface area contributed by atoms with Crippen LogP contribution in [0.5, 0.6) is 0 Å². The van der Waals surface area contributed by atoms with Gasteiger partial charge in [-0.25, -0.2) is 8.42 Å². The molecule has 0 aliphatic carbocycles. The summed E-state index contributed by atoms with van der Waals surface area (Å²) in [4.78, 5) is 0.868. The van der Waals surface area contributed by atoms with Crippen molar-refractivity contribution in [1.29, 1.82) is 0 Å². The van der Waals surface area contributed by atoms with Crippen LogP contribution in [0.25, 0.3) is 10.4 Å². The molecule has 0 aliphatic rings. The van der Waals surface area contributed by atoms with Crippen LogP contribution < -0.4 is 5.73 Å². The van der Waals surface area contributed by atoms with Gasteiger partial charge in [0.15, 0.2) is 0 Å². The smallest absolute Gasteiger partial charge is 0.270 e. The van der Waals surface area contributed by atoms with Crippen LogP contribution in [0, 0.1) is 0 Å². The van der Waals surface area contributed by atoms with Gasteiger partial charge in [-0.1, -0.05) is 24.3 Å². The van der Waals surface area contributed by atoms with E-state index in [9.17, 15) is 8.42 Å². The zero-order chi connectivity index (χ0) is 12.5. The highest BCUT2D eigenvalue weighted by Gasteiger charge is 2.13. The summed E-state index contributed by atoms with van der Waals surface area (Å²) in [5.41, 5.74) is 7.50. The van der Waals surface area contributed by atoms with Crippen molar-refractivity contribution in [3.8, 4) is 10.4 Å². The molecule has 0 amide bonds. The predicted octanol–water partition coefficient (Wildman–Crippen LogP) is 2.80. The Balaban J connectivity index is 2.37. The number of benzene rings is 1. The van der Waals surface area contributed by atoms with Gasteiger partial charge in [0.1, 0.15) is 4.21 Å². The molecule has 6 heteroatoms. The van der Waals surface area contributed by atoms with Crippen molar-refractivity contribution in [2.24, 2.45) is 5.73 Å². The van der Waals surface area contributed by atoms with E-state index >= 15 is 0 Å². The summed E-state index contributed by atoms with van der Waals surface area (Å²) in [6.45, 7) is 0.492. The Morgan fingerprint density at radius 1 is 1.12 bits per heavy atom. The molecule has 0 saturated carbocycles. The first-order chi connectivity index (χ1) is 8.00. The fourth-order valence-corrected chi connectivity index (χ4v) is 3.49. The molecular weight excluding hydrogens is 278 g/mol. The quantitative estimate of drug-likeness (QED) is 0.883. The SMILES string of the molecule is NCc1ccc(-c2ccc(S(=O)(=O)Cl)s2)cc1. The number of hydrogen-bond acceptors (Lipinski definition) is 4. The molecule has 0 atom stereocenters. The molecule has 1 heterocycles. The normalized spacial score (nSPS) is 11.6. The molecule has 0 spiro atoms. The summed E-state index contributed by atoms with van der Waals surface area (Å²) >= 11 is 1.16. The maximum Gasteiger partial charge on any atom is 0.270 e. The minimum absolute atomic E-state index is 0.164. The fourth-order valence-electron chi connectivity index (χ4n) is 1.41. The highest BCUT2D eigenvalue weighted by atomic mass is 35.7. The van der Waals surface area contributed by atoms with Crippen LogP contribution in [-0.4, -0.2) is 8.42 Å². The van der Waals surface area contributed by atoms with E-state index in [2.05, 4.69) is 0 Å². The molecule has 3 nitrogen and oxygen atoms in total. The summed E-state index contributed by atoms with van der Waals surface area (Å²) in [5, 5.41) is 0. The number of rotatable bonds is 3. The van der Waals surface area contributed by atoms with E-state index < -0.39 is 9.05 Å². The van der Waals surface area contributed by atoms with Crippen molar-refractivity contribution >= 4 is 31.1 Å². The maximum absolute atomic E-state index is 11.1. The van der Waals surface area contributed by atoms with Gasteiger partial charge in [-0.2, -0.15) is 0 Å². The van der Waals surface area contributed by atoms with Crippen LogP contribution in [0.15, 0.2) is 40.6 Å². The van der Waals surface area contributed by atoms with Crippen molar-refractivity contribution in [2.45, 2.75) is 10.8 Å². The predicted molar refractivity (Wildman–Crippen MR) is 70.7 cm³/mol. The lowest BCUT2D eigenvalue weighted by atomic mass is 10.1. The maximum atomic E-state index is 11.1. The first kappa shape index (κ1) is 12.6. The van der Waals surface area contributed by atoms with Crippen molar-refractivity contribution in [2.75, 3.05) is 0 Å². The third kappa shape index (κ3) is 2.87. The first-order valence-corrected chi connectivity index (χ1v) is 7.97. The monoisotopic (exact) mass is 287 g/mol. The van der Waals surface area contributed by atoms with Crippen molar-refractivity contribution in [3.05, 3.63) is 42.0 Å². The van der Waals surface area contributed by atoms with Gasteiger partial charge in [0.25, 0.3) is 9.05 Å². The van der Waals surface area contributed by atoms with Gasteiger partial charge in [-0.15, -0.1) is 11.3 Å². The highest BCUT2D eigenvalue weighted by Crippen LogP contribution is 2.32. The van der Waals surface area contributed by atoms with E-state index in [1.807, 2.05) is 24.3 Å². The van der Waals surface area contributed by atoms with E-state index in [-0.39, 0.29) is 4.21 Å². The lowest BCUT2D eigenvalue weighted by Crippen LogP contribution is -1.94. The fraction of sp³-hybridized carbons (Fsp3) is 0.0909. The summed E-state index contributed by atoms with van der Waals surface area (Å²) in [7, 11) is 1.64. The number of hydrogen-bond donors (Lipinski definition) is 1. The van der Waals surface area contributed by atoms with Gasteiger partial charge < -0.3 is 5.73 Å². The molecule has 2 N–H and O–H groups in total. The van der Waals surface area contributed by atoms with Crippen LogP contribution in [0.2, 0.25) is 0 Å².